The van der Waals surface area contributed by atoms with Gasteiger partial charge in [-0.15, -0.1) is 0 Å². The van der Waals surface area contributed by atoms with E-state index in [1.807, 2.05) is 149 Å². The molecule has 2 fully saturated rings. The number of H-pyrrole nitrogens is 1. The highest BCUT2D eigenvalue weighted by Crippen LogP contribution is 2.42. The van der Waals surface area contributed by atoms with Crippen molar-refractivity contribution in [2.45, 2.75) is 105 Å². The van der Waals surface area contributed by atoms with E-state index in [2.05, 4.69) is 118 Å². The molecular formula is C101H110F4N24O6. The molecule has 16 aromatic rings. The number of anilines is 8. The van der Waals surface area contributed by atoms with Crippen LogP contribution in [0.3, 0.4) is 0 Å². The first-order chi connectivity index (χ1) is 65.1. The smallest absolute Gasteiger partial charge is 0.257 e. The molecule has 0 spiro atoms. The zero-order valence-electron chi connectivity index (χ0n) is 77.7. The fourth-order valence-electron chi connectivity index (χ4n) is 15.2. The summed E-state index contributed by atoms with van der Waals surface area (Å²) >= 11 is 0. The lowest BCUT2D eigenvalue weighted by atomic mass is 10.1. The number of ether oxygens (including phenoxy) is 4. The van der Waals surface area contributed by atoms with Crippen molar-refractivity contribution in [3.05, 3.63) is 243 Å². The Kier molecular flexibility index (Phi) is 29.9. The fraction of sp³-hybridized carbons (Fsp3) is 0.307. The maximum Gasteiger partial charge on any atom is 0.257 e. The molecule has 8 heterocycles. The molecular weight excluding hydrogens is 1720 g/mol. The number of aromatic amines is 1. The number of carbonyl (C=O) groups is 2. The van der Waals surface area contributed by atoms with Crippen molar-refractivity contribution in [2.24, 2.45) is 24.6 Å². The van der Waals surface area contributed by atoms with Crippen molar-refractivity contribution in [3.8, 4) is 68.0 Å². The zero-order valence-corrected chi connectivity index (χ0v) is 77.7. The van der Waals surface area contributed by atoms with Crippen LogP contribution in [0.5, 0.6) is 23.0 Å². The SMILES string of the molecule is CNC(=O)c1cc(F)cc(N(CC2CC2)c2ccc3ncc(-c4cnn(C(C)C)c4)nc3c2)c1.COc1cc(C(N)=O)cc(N(CC2CC2)c2ccc3ncc(-c4cnn(C)c4)nc3c2)c1.COc1cc(F)cc(N(CCNC(C)C)c2ccc3ncc(-c4cn[nH]c4)nc3c2)c1.COc1cc(OC)cc(N(CCCNCC(C)(F)F)c2ccc3ncc(-c4cnn(C(C)C)c4)nc3c2)c1. The molecule has 18 rings (SSSR count). The Morgan fingerprint density at radius 2 is 0.874 bits per heavy atom. The van der Waals surface area contributed by atoms with Gasteiger partial charge in [0.25, 0.3) is 11.8 Å². The number of rotatable bonds is 34. The quantitative estimate of drug-likeness (QED) is 0.0185. The van der Waals surface area contributed by atoms with Gasteiger partial charge in [-0.25, -0.2) is 37.5 Å². The van der Waals surface area contributed by atoms with Crippen molar-refractivity contribution in [1.82, 2.24) is 95.4 Å². The molecule has 8 aromatic carbocycles. The van der Waals surface area contributed by atoms with Crippen LogP contribution in [0.25, 0.3) is 89.2 Å². The summed E-state index contributed by atoms with van der Waals surface area (Å²) in [5, 5.41) is 28.7. The molecule has 2 saturated carbocycles. The van der Waals surface area contributed by atoms with E-state index in [1.54, 1.807) is 101 Å². The van der Waals surface area contributed by atoms with E-state index in [0.717, 1.165) is 163 Å². The summed E-state index contributed by atoms with van der Waals surface area (Å²) in [5.41, 5.74) is 25.7. The van der Waals surface area contributed by atoms with Gasteiger partial charge in [-0.3, -0.25) is 48.7 Å². The molecule has 30 nitrogen and oxygen atoms in total. The van der Waals surface area contributed by atoms with Gasteiger partial charge in [0, 0.05) is 212 Å². The number of nitrogens with two attached hydrogens (primary N) is 1. The molecule has 0 unspecified atom stereocenters. The van der Waals surface area contributed by atoms with Gasteiger partial charge in [0.05, 0.1) is 151 Å². The maximum absolute atomic E-state index is 14.5. The Morgan fingerprint density at radius 3 is 1.28 bits per heavy atom. The van der Waals surface area contributed by atoms with Gasteiger partial charge < -0.3 is 60.2 Å². The number of nitrogens with one attached hydrogen (secondary N) is 4. The molecule has 8 aromatic heterocycles. The molecule has 2 aliphatic rings. The number of aryl methyl sites for hydroxylation is 1. The molecule has 2 amide bonds. The summed E-state index contributed by atoms with van der Waals surface area (Å²) < 4.78 is 82.4. The Labute approximate surface area is 779 Å². The van der Waals surface area contributed by atoms with Gasteiger partial charge in [0.2, 0.25) is 5.91 Å². The number of hydrogen-bond acceptors (Lipinski definition) is 24. The normalized spacial score (nSPS) is 12.4. The van der Waals surface area contributed by atoms with Gasteiger partial charge in [-0.1, -0.05) is 13.8 Å². The second kappa shape index (κ2) is 42.7. The molecule has 135 heavy (non-hydrogen) atoms. The Bertz CT molecular complexity index is 6790. The third kappa shape index (κ3) is 24.4. The number of benzene rings is 8. The Balaban J connectivity index is 0.000000137. The monoisotopic (exact) mass is 1830 g/mol. The second-order valence-corrected chi connectivity index (χ2v) is 34.3. The van der Waals surface area contributed by atoms with Crippen LogP contribution < -0.4 is 60.2 Å². The lowest BCUT2D eigenvalue weighted by Crippen LogP contribution is -2.32. The predicted molar refractivity (Wildman–Crippen MR) is 520 cm³/mol. The largest absolute Gasteiger partial charge is 0.497 e. The summed E-state index contributed by atoms with van der Waals surface area (Å²) in [5.74, 6) is -0.817. The number of amides is 2. The number of nitrogens with zero attached hydrogens (tertiary/aromatic N) is 19. The standard InChI is InChI=1S/C28H34F2N6O2.C26H27FN6O.C24H24N6O2.C23H25FN6O/c1-19(2)36-17-20(15-33-36)27-16-32-25-8-7-21(13-26(25)34-27)35(10-6-9-31-18-28(3,29)30)22-11-23(37-4)14-24(12-22)38-5;1-16(2)33-15-19(12-30-33)25-13-29-23-7-6-21(11-24(23)31-25)32(14-17-4-5-17)22-9-18(26(34)28-3)8-20(27)10-22;1-29-14-17(11-27-29)23-12-26-21-6-5-18(10-22(21)28-23)30(13-15-3-4-15)19-7-16(24(25)31)8-20(9-19)32-2;1-15(2)25-6-7-30(19-8-17(24)9-20(10-19)31-3)18-4-5-21-22(11-18)29-23(14-26-21)16-12-27-28-13-16/h7-8,11-17,19,31H,6,9-10,18H2,1-5H3;6-13,15-17H,4-5,14H2,1-3H3,(H,28,34);5-12,14-15H,3-4,13H2,1-2H3,(H2,25,31);4-5,8-15,25H,6-7H2,1-3H3,(H,27,28). The Hall–Kier alpha value is -15.1. The van der Waals surface area contributed by atoms with Gasteiger partial charge in [0.1, 0.15) is 34.6 Å². The van der Waals surface area contributed by atoms with Crippen LogP contribution in [0.15, 0.2) is 220 Å². The lowest BCUT2D eigenvalue weighted by molar-refractivity contribution is 0.0229. The number of alkyl halides is 2. The number of carbonyl (C=O) groups excluding carboxylic acids is 2. The summed E-state index contributed by atoms with van der Waals surface area (Å²) in [4.78, 5) is 70.1. The Morgan fingerprint density at radius 1 is 0.467 bits per heavy atom. The number of aromatic nitrogens is 16. The molecule has 0 bridgehead atoms. The van der Waals surface area contributed by atoms with Gasteiger partial charge >= 0.3 is 0 Å². The van der Waals surface area contributed by atoms with Gasteiger partial charge in [-0.05, 0) is 187 Å². The van der Waals surface area contributed by atoms with Crippen molar-refractivity contribution in [2.75, 3.05) is 101 Å². The van der Waals surface area contributed by atoms with Gasteiger partial charge in [0.15, 0.2) is 0 Å². The third-order valence-corrected chi connectivity index (χ3v) is 22.8. The van der Waals surface area contributed by atoms with E-state index >= 15 is 0 Å². The van der Waals surface area contributed by atoms with E-state index < -0.39 is 17.6 Å². The number of fused-ring (bicyclic) bond motifs is 4. The first-order valence-corrected chi connectivity index (χ1v) is 44.8. The highest BCUT2D eigenvalue weighted by Gasteiger charge is 2.30. The van der Waals surface area contributed by atoms with E-state index in [4.69, 9.17) is 44.6 Å². The maximum atomic E-state index is 14.5. The minimum atomic E-state index is -2.75. The van der Waals surface area contributed by atoms with E-state index in [0.29, 0.717) is 89.4 Å². The van der Waals surface area contributed by atoms with Crippen molar-refractivity contribution in [3.63, 3.8) is 0 Å². The lowest BCUT2D eigenvalue weighted by Gasteiger charge is -2.26. The van der Waals surface area contributed by atoms with Gasteiger partial charge in [-0.2, -0.15) is 20.4 Å². The predicted octanol–water partition coefficient (Wildman–Crippen LogP) is 19.0. The minimum Gasteiger partial charge on any atom is -0.497 e. The van der Waals surface area contributed by atoms with Crippen molar-refractivity contribution in [1.29, 1.82) is 0 Å². The number of methoxy groups -OCH3 is 4. The van der Waals surface area contributed by atoms with Crippen LogP contribution in [-0.4, -0.2) is 184 Å². The van der Waals surface area contributed by atoms with Crippen LogP contribution in [-0.2, 0) is 7.05 Å². The molecule has 0 radical (unpaired) electrons. The third-order valence-electron chi connectivity index (χ3n) is 22.8. The summed E-state index contributed by atoms with van der Waals surface area (Å²) in [6.45, 7) is 17.0. The minimum absolute atomic E-state index is 0.246. The summed E-state index contributed by atoms with van der Waals surface area (Å²) in [6.07, 6.45) is 27.0. The first-order valence-electron chi connectivity index (χ1n) is 44.8. The fourth-order valence-corrected chi connectivity index (χ4v) is 15.2. The highest BCUT2D eigenvalue weighted by molar-refractivity contribution is 5.96. The molecule has 0 saturated heterocycles. The van der Waals surface area contributed by atoms with Crippen molar-refractivity contribution < 1.29 is 46.1 Å². The molecule has 0 aliphatic heterocycles. The highest BCUT2D eigenvalue weighted by atomic mass is 19.3. The molecule has 34 heteroatoms. The number of primary amides is 1. The summed E-state index contributed by atoms with van der Waals surface area (Å²) in [6, 6.07) is 44.8. The average Bonchev–Trinajstić information content (AvgIpc) is 1.76. The first kappa shape index (κ1) is 94.6. The summed E-state index contributed by atoms with van der Waals surface area (Å²) in [7, 11) is 9.74. The molecule has 698 valence electrons. The zero-order chi connectivity index (χ0) is 95.1. The number of hydrogen-bond donors (Lipinski definition) is 5. The molecule has 2 aliphatic carbocycles. The van der Waals surface area contributed by atoms with Crippen LogP contribution in [0.2, 0.25) is 0 Å². The molecule has 0 atom stereocenters. The van der Waals surface area contributed by atoms with E-state index in [9.17, 15) is 27.2 Å². The average molecular weight is 1830 g/mol. The van der Waals surface area contributed by atoms with E-state index in [-0.39, 0.29) is 30.4 Å². The molecule has 6 N–H and O–H groups in total. The van der Waals surface area contributed by atoms with Crippen LogP contribution in [0.4, 0.5) is 63.1 Å². The van der Waals surface area contributed by atoms with Crippen molar-refractivity contribution >= 4 is 101 Å². The van der Waals surface area contributed by atoms with Crippen LogP contribution >= 0.6 is 0 Å². The van der Waals surface area contributed by atoms with Crippen LogP contribution in [0, 0.1) is 23.5 Å². The van der Waals surface area contributed by atoms with Crippen LogP contribution in [0.1, 0.15) is 113 Å². The topological polar surface area (TPSA) is 331 Å². The second-order valence-electron chi connectivity index (χ2n) is 34.3. The van der Waals surface area contributed by atoms with E-state index in [1.165, 1.54) is 44.2 Å². The number of halogens is 4.